The van der Waals surface area contributed by atoms with Gasteiger partial charge in [0.05, 0.1) is 13.7 Å². The summed E-state index contributed by atoms with van der Waals surface area (Å²) in [4.78, 5) is 17.3. The second-order valence-electron chi connectivity index (χ2n) is 5.10. The van der Waals surface area contributed by atoms with Gasteiger partial charge in [-0.25, -0.2) is 0 Å². The summed E-state index contributed by atoms with van der Waals surface area (Å²) in [7, 11) is 1.61. The summed E-state index contributed by atoms with van der Waals surface area (Å²) in [6.45, 7) is 0.229. The number of ether oxygens (including phenoxy) is 1. The number of carbonyl (C=O) groups is 1. The molecule has 3 rings (SSSR count). The first-order valence-corrected chi connectivity index (χ1v) is 8.38. The van der Waals surface area contributed by atoms with Gasteiger partial charge in [0.2, 0.25) is 17.6 Å². The molecule has 0 aliphatic heterocycles. The van der Waals surface area contributed by atoms with E-state index >= 15 is 0 Å². The Morgan fingerprint density at radius 2 is 2.12 bits per heavy atom. The lowest BCUT2D eigenvalue weighted by molar-refractivity contribution is -0.121. The number of nitrogens with one attached hydrogen (secondary N) is 1. The highest BCUT2D eigenvalue weighted by Gasteiger charge is 2.10. The maximum atomic E-state index is 11.8. The van der Waals surface area contributed by atoms with Crippen LogP contribution in [-0.4, -0.2) is 23.2 Å². The monoisotopic (exact) mass is 343 g/mol. The van der Waals surface area contributed by atoms with Crippen LogP contribution in [0.3, 0.4) is 0 Å². The number of rotatable bonds is 7. The van der Waals surface area contributed by atoms with Crippen LogP contribution in [-0.2, 0) is 17.8 Å². The molecule has 2 heterocycles. The lowest BCUT2D eigenvalue weighted by Crippen LogP contribution is -2.23. The normalized spacial score (nSPS) is 10.5. The molecule has 0 bridgehead atoms. The number of hydrogen-bond acceptors (Lipinski definition) is 6. The van der Waals surface area contributed by atoms with Crippen molar-refractivity contribution in [3.05, 3.63) is 52.5 Å². The van der Waals surface area contributed by atoms with Gasteiger partial charge in [0.25, 0.3) is 0 Å². The molecule has 0 fully saturated rings. The van der Waals surface area contributed by atoms with Crippen molar-refractivity contribution in [2.75, 3.05) is 7.11 Å². The predicted octanol–water partition coefficient (Wildman–Crippen LogP) is 3.06. The average molecular weight is 343 g/mol. The van der Waals surface area contributed by atoms with E-state index in [1.54, 1.807) is 18.4 Å². The van der Waals surface area contributed by atoms with Crippen LogP contribution >= 0.6 is 11.3 Å². The minimum absolute atomic E-state index is 0.0346. The molecule has 6 nitrogen and oxygen atoms in total. The molecule has 2 aromatic heterocycles. The molecular weight excluding hydrogens is 326 g/mol. The summed E-state index contributed by atoms with van der Waals surface area (Å²) in [5.41, 5.74) is 0.829. The number of hydrogen-bond donors (Lipinski definition) is 1. The van der Waals surface area contributed by atoms with Crippen LogP contribution in [0, 0.1) is 0 Å². The molecule has 1 N–H and O–H groups in total. The zero-order chi connectivity index (χ0) is 16.8. The molecule has 124 valence electrons. The first-order chi connectivity index (χ1) is 11.7. The third-order valence-electron chi connectivity index (χ3n) is 3.43. The van der Waals surface area contributed by atoms with Crippen LogP contribution in [0.4, 0.5) is 0 Å². The smallest absolute Gasteiger partial charge is 0.246 e. The molecule has 3 aromatic rings. The van der Waals surface area contributed by atoms with Crippen molar-refractivity contribution in [2.45, 2.75) is 19.4 Å². The van der Waals surface area contributed by atoms with Gasteiger partial charge in [0, 0.05) is 16.9 Å². The average Bonchev–Trinajstić information content (AvgIpc) is 3.30. The van der Waals surface area contributed by atoms with E-state index in [1.165, 1.54) is 4.88 Å². The van der Waals surface area contributed by atoms with Crippen molar-refractivity contribution in [1.82, 2.24) is 15.5 Å². The quantitative estimate of drug-likeness (QED) is 0.713. The van der Waals surface area contributed by atoms with Crippen LogP contribution in [0.1, 0.15) is 17.2 Å². The molecule has 0 unspecified atom stereocenters. The van der Waals surface area contributed by atoms with E-state index in [-0.39, 0.29) is 12.5 Å². The van der Waals surface area contributed by atoms with Gasteiger partial charge in [0.1, 0.15) is 5.75 Å². The fraction of sp³-hybridized carbons (Fsp3) is 0.235. The molecule has 7 heteroatoms. The lowest BCUT2D eigenvalue weighted by Gasteiger charge is -2.01. The molecule has 0 saturated heterocycles. The van der Waals surface area contributed by atoms with Crippen molar-refractivity contribution in [1.29, 1.82) is 0 Å². The number of carbonyl (C=O) groups excluding carboxylic acids is 1. The summed E-state index contributed by atoms with van der Waals surface area (Å²) in [5.74, 6) is 1.60. The van der Waals surface area contributed by atoms with E-state index < -0.39 is 0 Å². The highest BCUT2D eigenvalue weighted by molar-refractivity contribution is 7.09. The van der Waals surface area contributed by atoms with Crippen molar-refractivity contribution >= 4 is 17.2 Å². The van der Waals surface area contributed by atoms with Gasteiger partial charge in [0.15, 0.2) is 0 Å². The van der Waals surface area contributed by atoms with Gasteiger partial charge in [-0.05, 0) is 42.1 Å². The first-order valence-electron chi connectivity index (χ1n) is 7.50. The van der Waals surface area contributed by atoms with Gasteiger partial charge in [-0.1, -0.05) is 11.2 Å². The molecule has 24 heavy (non-hydrogen) atoms. The van der Waals surface area contributed by atoms with E-state index in [0.717, 1.165) is 17.7 Å². The molecule has 0 radical (unpaired) electrons. The van der Waals surface area contributed by atoms with Crippen LogP contribution in [0.5, 0.6) is 5.75 Å². The van der Waals surface area contributed by atoms with Gasteiger partial charge in [-0.2, -0.15) is 4.98 Å². The van der Waals surface area contributed by atoms with Crippen LogP contribution in [0.15, 0.2) is 46.3 Å². The topological polar surface area (TPSA) is 77.3 Å². The molecule has 0 atom stereocenters. The molecule has 0 spiro atoms. The van der Waals surface area contributed by atoms with E-state index in [4.69, 9.17) is 9.26 Å². The molecule has 0 aliphatic carbocycles. The minimum atomic E-state index is -0.0346. The second-order valence-corrected chi connectivity index (χ2v) is 6.13. The Morgan fingerprint density at radius 3 is 2.83 bits per heavy atom. The Hall–Kier alpha value is -2.67. The van der Waals surface area contributed by atoms with Gasteiger partial charge >= 0.3 is 0 Å². The van der Waals surface area contributed by atoms with Gasteiger partial charge in [-0.3, -0.25) is 4.79 Å². The molecule has 0 aliphatic rings. The number of methoxy groups -OCH3 is 1. The number of thiophene rings is 1. The summed E-state index contributed by atoms with van der Waals surface area (Å²) in [5, 5.41) is 8.73. The first kappa shape index (κ1) is 16.2. The molecule has 1 aromatic carbocycles. The molecular formula is C17H17N3O3S. The zero-order valence-electron chi connectivity index (χ0n) is 13.2. The summed E-state index contributed by atoms with van der Waals surface area (Å²) >= 11 is 1.65. The van der Waals surface area contributed by atoms with Crippen molar-refractivity contribution < 1.29 is 14.1 Å². The van der Waals surface area contributed by atoms with E-state index in [2.05, 4.69) is 15.5 Å². The van der Waals surface area contributed by atoms with E-state index in [0.29, 0.717) is 18.1 Å². The van der Waals surface area contributed by atoms with E-state index in [9.17, 15) is 4.79 Å². The number of aryl methyl sites for hydroxylation is 1. The van der Waals surface area contributed by atoms with Crippen molar-refractivity contribution in [3.8, 4) is 17.1 Å². The van der Waals surface area contributed by atoms with Gasteiger partial charge in [-0.15, -0.1) is 11.3 Å². The Kier molecular flexibility index (Phi) is 5.22. The zero-order valence-corrected chi connectivity index (χ0v) is 14.0. The highest BCUT2D eigenvalue weighted by atomic mass is 32.1. The number of amides is 1. The molecule has 1 amide bonds. The number of nitrogens with zero attached hydrogens (tertiary/aromatic N) is 2. The fourth-order valence-electron chi connectivity index (χ4n) is 2.14. The lowest BCUT2D eigenvalue weighted by atomic mass is 10.2. The largest absolute Gasteiger partial charge is 0.497 e. The number of benzene rings is 1. The van der Waals surface area contributed by atoms with Crippen molar-refractivity contribution in [2.24, 2.45) is 0 Å². The minimum Gasteiger partial charge on any atom is -0.497 e. The fourth-order valence-corrected chi connectivity index (χ4v) is 2.85. The Labute approximate surface area is 143 Å². The standard InChI is InChI=1S/C17H17N3O3S/c1-22-13-6-4-12(5-7-13)17-19-16(23-20-17)11-18-15(21)9-8-14-3-2-10-24-14/h2-7,10H,8-9,11H2,1H3,(H,18,21). The van der Waals surface area contributed by atoms with Crippen LogP contribution in [0.25, 0.3) is 11.4 Å². The maximum absolute atomic E-state index is 11.8. The maximum Gasteiger partial charge on any atom is 0.246 e. The third kappa shape index (κ3) is 4.20. The summed E-state index contributed by atoms with van der Waals surface area (Å²) < 4.78 is 10.3. The SMILES string of the molecule is COc1ccc(-c2noc(CNC(=O)CCc3cccs3)n2)cc1. The third-order valence-corrected chi connectivity index (χ3v) is 4.37. The van der Waals surface area contributed by atoms with Crippen LogP contribution in [0.2, 0.25) is 0 Å². The summed E-state index contributed by atoms with van der Waals surface area (Å²) in [6.07, 6.45) is 1.18. The van der Waals surface area contributed by atoms with Gasteiger partial charge < -0.3 is 14.6 Å². The number of aromatic nitrogens is 2. The Morgan fingerprint density at radius 1 is 1.29 bits per heavy atom. The van der Waals surface area contributed by atoms with E-state index in [1.807, 2.05) is 41.8 Å². The highest BCUT2D eigenvalue weighted by Crippen LogP contribution is 2.19. The Bertz CT molecular complexity index is 782. The second kappa shape index (κ2) is 7.74. The van der Waals surface area contributed by atoms with Crippen molar-refractivity contribution in [3.63, 3.8) is 0 Å². The Balaban J connectivity index is 1.51. The predicted molar refractivity (Wildman–Crippen MR) is 90.8 cm³/mol. The van der Waals surface area contributed by atoms with Crippen LogP contribution < -0.4 is 10.1 Å². The molecule has 0 saturated carbocycles. The summed E-state index contributed by atoms with van der Waals surface area (Å²) in [6, 6.07) is 11.4.